The highest BCUT2D eigenvalue weighted by Crippen LogP contribution is 2.19. The van der Waals surface area contributed by atoms with Gasteiger partial charge in [0.2, 0.25) is 5.95 Å². The molecule has 3 heterocycles. The van der Waals surface area contributed by atoms with Gasteiger partial charge in [0.15, 0.2) is 0 Å². The van der Waals surface area contributed by atoms with Crippen LogP contribution in [-0.2, 0) is 27.3 Å². The Kier molecular flexibility index (Phi) is 5.62. The fourth-order valence-corrected chi connectivity index (χ4v) is 3.37. The Morgan fingerprint density at radius 2 is 2.07 bits per heavy atom. The minimum absolute atomic E-state index is 0.0665. The van der Waals surface area contributed by atoms with Crippen molar-refractivity contribution in [3.63, 3.8) is 0 Å². The molecule has 3 aromatic rings. The van der Waals surface area contributed by atoms with E-state index in [4.69, 9.17) is 13.9 Å². The lowest BCUT2D eigenvalue weighted by Crippen LogP contribution is -2.38. The van der Waals surface area contributed by atoms with Crippen LogP contribution in [-0.4, -0.2) is 42.2 Å². The Hall–Kier alpha value is -3.13. The summed E-state index contributed by atoms with van der Waals surface area (Å²) in [6.07, 6.45) is 0.374. The number of nitrogens with one attached hydrogen (secondary N) is 1. The van der Waals surface area contributed by atoms with Crippen LogP contribution in [0.3, 0.4) is 0 Å². The van der Waals surface area contributed by atoms with E-state index in [2.05, 4.69) is 9.97 Å². The Labute approximate surface area is 167 Å². The summed E-state index contributed by atoms with van der Waals surface area (Å²) in [6, 6.07) is 9.47. The zero-order valence-electron chi connectivity index (χ0n) is 16.3. The van der Waals surface area contributed by atoms with Gasteiger partial charge >= 0.3 is 5.97 Å². The molecule has 4 rings (SSSR count). The van der Waals surface area contributed by atoms with Crippen molar-refractivity contribution in [3.05, 3.63) is 57.7 Å². The van der Waals surface area contributed by atoms with Crippen molar-refractivity contribution in [2.45, 2.75) is 26.4 Å². The van der Waals surface area contributed by atoms with Gasteiger partial charge in [0.05, 0.1) is 13.2 Å². The molecule has 0 aliphatic carbocycles. The number of benzene rings is 1. The number of ether oxygens (including phenoxy) is 2. The van der Waals surface area contributed by atoms with E-state index in [1.807, 2.05) is 35.2 Å². The summed E-state index contributed by atoms with van der Waals surface area (Å²) >= 11 is 0. The Morgan fingerprint density at radius 1 is 1.28 bits per heavy atom. The van der Waals surface area contributed by atoms with Crippen molar-refractivity contribution in [1.29, 1.82) is 0 Å². The van der Waals surface area contributed by atoms with E-state index in [0.717, 1.165) is 11.0 Å². The molecule has 0 bridgehead atoms. The quantitative estimate of drug-likeness (QED) is 0.638. The molecular formula is C21H23N3O5. The summed E-state index contributed by atoms with van der Waals surface area (Å²) in [4.78, 5) is 33.9. The van der Waals surface area contributed by atoms with Gasteiger partial charge in [0.1, 0.15) is 18.0 Å². The van der Waals surface area contributed by atoms with Gasteiger partial charge in [0, 0.05) is 36.2 Å². The van der Waals surface area contributed by atoms with Crippen molar-refractivity contribution in [1.82, 2.24) is 9.97 Å². The summed E-state index contributed by atoms with van der Waals surface area (Å²) in [5.41, 5.74) is 1.67. The number of fused-ring (bicyclic) bond motifs is 1. The molecule has 152 valence electrons. The van der Waals surface area contributed by atoms with Gasteiger partial charge in [-0.2, -0.15) is 0 Å². The standard InChI is InChI=1S/C21H23N3O5/c1-14-17(20(26)23-21(22-14)24-8-10-27-11-9-24)6-7-19(25)28-13-16-12-15-4-2-3-5-18(15)29-16/h2-5,12H,6-11,13H2,1H3,(H,22,23,26). The number of rotatable bonds is 6. The number of aryl methyl sites for hydroxylation is 1. The number of aromatic amines is 1. The van der Waals surface area contributed by atoms with Gasteiger partial charge in [-0.15, -0.1) is 0 Å². The van der Waals surface area contributed by atoms with Gasteiger partial charge in [-0.1, -0.05) is 18.2 Å². The summed E-state index contributed by atoms with van der Waals surface area (Å²) in [7, 11) is 0. The number of anilines is 1. The number of morpholine rings is 1. The second-order valence-corrected chi connectivity index (χ2v) is 6.96. The Bertz CT molecular complexity index is 1030. The van der Waals surface area contributed by atoms with Crippen molar-refractivity contribution >= 4 is 22.9 Å². The first-order valence-electron chi connectivity index (χ1n) is 9.66. The minimum atomic E-state index is -0.387. The first-order valence-corrected chi connectivity index (χ1v) is 9.66. The van der Waals surface area contributed by atoms with Gasteiger partial charge in [-0.3, -0.25) is 14.6 Å². The Balaban J connectivity index is 1.34. The molecule has 2 aromatic heterocycles. The molecule has 0 atom stereocenters. The second-order valence-electron chi connectivity index (χ2n) is 6.96. The van der Waals surface area contributed by atoms with Crippen LogP contribution < -0.4 is 10.5 Å². The first-order chi connectivity index (χ1) is 14.1. The lowest BCUT2D eigenvalue weighted by atomic mass is 10.1. The van der Waals surface area contributed by atoms with Crippen molar-refractivity contribution < 1.29 is 18.7 Å². The second kappa shape index (κ2) is 8.48. The Morgan fingerprint density at radius 3 is 2.83 bits per heavy atom. The van der Waals surface area contributed by atoms with Crippen molar-refractivity contribution in [2.24, 2.45) is 0 Å². The van der Waals surface area contributed by atoms with Crippen LogP contribution in [0, 0.1) is 6.92 Å². The summed E-state index contributed by atoms with van der Waals surface area (Å²) in [6.45, 7) is 4.46. The molecule has 0 unspecified atom stereocenters. The maximum absolute atomic E-state index is 12.5. The molecule has 1 aliphatic rings. The van der Waals surface area contributed by atoms with Gasteiger partial charge < -0.3 is 18.8 Å². The predicted octanol–water partition coefficient (Wildman–Crippen LogP) is 2.34. The van der Waals surface area contributed by atoms with Crippen LogP contribution in [0.2, 0.25) is 0 Å². The molecule has 1 N–H and O–H groups in total. The molecule has 1 aliphatic heterocycles. The molecule has 1 saturated heterocycles. The summed E-state index contributed by atoms with van der Waals surface area (Å²) in [5, 5.41) is 0.965. The van der Waals surface area contributed by atoms with Gasteiger partial charge in [-0.05, 0) is 25.5 Å². The molecule has 0 amide bonds. The normalized spacial score (nSPS) is 14.3. The van der Waals surface area contributed by atoms with E-state index < -0.39 is 0 Å². The maximum atomic E-state index is 12.5. The van der Waals surface area contributed by atoms with Crippen molar-refractivity contribution in [3.8, 4) is 0 Å². The number of hydrogen-bond acceptors (Lipinski definition) is 7. The molecule has 8 heteroatoms. The molecule has 0 saturated carbocycles. The number of aromatic nitrogens is 2. The number of hydrogen-bond donors (Lipinski definition) is 1. The molecule has 29 heavy (non-hydrogen) atoms. The fraction of sp³-hybridized carbons (Fsp3) is 0.381. The van der Waals surface area contributed by atoms with E-state index >= 15 is 0 Å². The molecule has 1 fully saturated rings. The highest BCUT2D eigenvalue weighted by Gasteiger charge is 2.17. The SMILES string of the molecule is Cc1nc(N2CCOCC2)[nH]c(=O)c1CCC(=O)OCc1cc2ccccc2o1. The lowest BCUT2D eigenvalue weighted by molar-refractivity contribution is -0.145. The zero-order chi connectivity index (χ0) is 20.2. The van der Waals surface area contributed by atoms with Gasteiger partial charge in [-0.25, -0.2) is 4.98 Å². The number of carbonyl (C=O) groups is 1. The predicted molar refractivity (Wildman–Crippen MR) is 107 cm³/mol. The van der Waals surface area contributed by atoms with Crippen LogP contribution in [0.15, 0.2) is 39.5 Å². The minimum Gasteiger partial charge on any atom is -0.457 e. The highest BCUT2D eigenvalue weighted by atomic mass is 16.5. The smallest absolute Gasteiger partial charge is 0.306 e. The highest BCUT2D eigenvalue weighted by molar-refractivity contribution is 5.77. The molecule has 0 spiro atoms. The van der Waals surface area contributed by atoms with E-state index in [1.165, 1.54) is 0 Å². The fourth-order valence-electron chi connectivity index (χ4n) is 3.37. The number of furan rings is 1. The molecule has 0 radical (unpaired) electrons. The summed E-state index contributed by atoms with van der Waals surface area (Å²) in [5.74, 6) is 0.749. The van der Waals surface area contributed by atoms with Crippen LogP contribution >= 0.6 is 0 Å². The number of nitrogens with zero attached hydrogens (tertiary/aromatic N) is 2. The maximum Gasteiger partial charge on any atom is 0.306 e. The number of para-hydroxylation sites is 1. The largest absolute Gasteiger partial charge is 0.457 e. The number of H-pyrrole nitrogens is 1. The summed E-state index contributed by atoms with van der Waals surface area (Å²) < 4.78 is 16.2. The number of esters is 1. The van der Waals surface area contributed by atoms with Crippen LogP contribution in [0.4, 0.5) is 5.95 Å². The van der Waals surface area contributed by atoms with Gasteiger partial charge in [0.25, 0.3) is 5.56 Å². The van der Waals surface area contributed by atoms with E-state index in [9.17, 15) is 9.59 Å². The first kappa shape index (κ1) is 19.2. The van der Waals surface area contributed by atoms with Crippen LogP contribution in [0.25, 0.3) is 11.0 Å². The van der Waals surface area contributed by atoms with Crippen LogP contribution in [0.1, 0.15) is 23.4 Å². The third-order valence-electron chi connectivity index (χ3n) is 4.95. The average molecular weight is 397 g/mol. The third kappa shape index (κ3) is 4.48. The number of carbonyl (C=O) groups excluding carboxylic acids is 1. The molecule has 1 aromatic carbocycles. The van der Waals surface area contributed by atoms with E-state index in [-0.39, 0.29) is 31.0 Å². The monoisotopic (exact) mass is 397 g/mol. The molecule has 8 nitrogen and oxygen atoms in total. The average Bonchev–Trinajstić information content (AvgIpc) is 3.15. The lowest BCUT2D eigenvalue weighted by Gasteiger charge is -2.27. The van der Waals surface area contributed by atoms with Crippen molar-refractivity contribution in [2.75, 3.05) is 31.2 Å². The topological polar surface area (TPSA) is 97.7 Å². The molecular weight excluding hydrogens is 374 g/mol. The van der Waals surface area contributed by atoms with E-state index in [0.29, 0.717) is 49.3 Å². The van der Waals surface area contributed by atoms with Crippen LogP contribution in [0.5, 0.6) is 0 Å². The zero-order valence-corrected chi connectivity index (χ0v) is 16.3. The van der Waals surface area contributed by atoms with E-state index in [1.54, 1.807) is 6.92 Å². The third-order valence-corrected chi connectivity index (χ3v) is 4.95.